The summed E-state index contributed by atoms with van der Waals surface area (Å²) in [5.74, 6) is 1.08. The molecule has 5 nitrogen and oxygen atoms in total. The monoisotopic (exact) mass is 281 g/mol. The Bertz CT molecular complexity index is 434. The van der Waals surface area contributed by atoms with Crippen molar-refractivity contribution in [2.75, 3.05) is 26.9 Å². The Morgan fingerprint density at radius 2 is 1.85 bits per heavy atom. The number of amides is 1. The van der Waals surface area contributed by atoms with E-state index in [9.17, 15) is 4.79 Å². The van der Waals surface area contributed by atoms with Crippen molar-refractivity contribution in [2.45, 2.75) is 26.8 Å². The summed E-state index contributed by atoms with van der Waals surface area (Å²) in [6.07, 6.45) is 0. The fourth-order valence-electron chi connectivity index (χ4n) is 1.79. The zero-order valence-corrected chi connectivity index (χ0v) is 12.6. The molecule has 0 aromatic heterocycles. The second-order valence-corrected chi connectivity index (χ2v) is 4.36. The highest BCUT2D eigenvalue weighted by atomic mass is 16.5. The Hall–Kier alpha value is -1.75. The molecular weight excluding hydrogens is 258 g/mol. The van der Waals surface area contributed by atoms with E-state index >= 15 is 0 Å². The maximum absolute atomic E-state index is 12.1. The van der Waals surface area contributed by atoms with E-state index in [0.29, 0.717) is 36.9 Å². The average molecular weight is 281 g/mol. The van der Waals surface area contributed by atoms with Gasteiger partial charge in [-0.1, -0.05) is 0 Å². The molecule has 0 radical (unpaired) electrons. The molecule has 0 aliphatic carbocycles. The molecule has 1 aromatic rings. The molecule has 1 N–H and O–H groups in total. The predicted octanol–water partition coefficient (Wildman–Crippen LogP) is 2.25. The van der Waals surface area contributed by atoms with Crippen LogP contribution < -0.4 is 14.8 Å². The first-order chi connectivity index (χ1) is 9.62. The van der Waals surface area contributed by atoms with Gasteiger partial charge >= 0.3 is 0 Å². The Kier molecular flexibility index (Phi) is 6.87. The lowest BCUT2D eigenvalue weighted by molar-refractivity contribution is 0.0905. The van der Waals surface area contributed by atoms with E-state index < -0.39 is 0 Å². The Morgan fingerprint density at radius 3 is 2.45 bits per heavy atom. The third-order valence-electron chi connectivity index (χ3n) is 2.60. The molecule has 0 aliphatic heterocycles. The van der Waals surface area contributed by atoms with Crippen LogP contribution in [0.4, 0.5) is 0 Å². The lowest BCUT2D eigenvalue weighted by Crippen LogP contribution is -2.35. The van der Waals surface area contributed by atoms with Crippen molar-refractivity contribution in [2.24, 2.45) is 0 Å². The zero-order chi connectivity index (χ0) is 15.0. The summed E-state index contributed by atoms with van der Waals surface area (Å²) < 4.78 is 16.0. The summed E-state index contributed by atoms with van der Waals surface area (Å²) in [5.41, 5.74) is 0.542. The van der Waals surface area contributed by atoms with Crippen molar-refractivity contribution in [3.8, 4) is 11.5 Å². The SMILES string of the molecule is CCOc1ccc(C(=O)N[C@@H](C)COC)cc1OCC. The van der Waals surface area contributed by atoms with E-state index in [1.54, 1.807) is 25.3 Å². The lowest BCUT2D eigenvalue weighted by Gasteiger charge is -2.15. The van der Waals surface area contributed by atoms with Crippen LogP contribution in [0.3, 0.4) is 0 Å². The maximum Gasteiger partial charge on any atom is 0.251 e. The number of benzene rings is 1. The number of hydrogen-bond acceptors (Lipinski definition) is 4. The van der Waals surface area contributed by atoms with Gasteiger partial charge in [-0.15, -0.1) is 0 Å². The van der Waals surface area contributed by atoms with E-state index in [1.165, 1.54) is 0 Å². The fourth-order valence-corrected chi connectivity index (χ4v) is 1.79. The van der Waals surface area contributed by atoms with Gasteiger partial charge < -0.3 is 19.5 Å². The van der Waals surface area contributed by atoms with E-state index in [1.807, 2.05) is 20.8 Å². The van der Waals surface area contributed by atoms with E-state index in [0.717, 1.165) is 0 Å². The summed E-state index contributed by atoms with van der Waals surface area (Å²) >= 11 is 0. The molecule has 0 fully saturated rings. The second-order valence-electron chi connectivity index (χ2n) is 4.36. The number of rotatable bonds is 8. The summed E-state index contributed by atoms with van der Waals surface area (Å²) in [6.45, 7) is 7.23. The normalized spacial score (nSPS) is 11.8. The number of nitrogens with one attached hydrogen (secondary N) is 1. The average Bonchev–Trinajstić information content (AvgIpc) is 2.41. The quantitative estimate of drug-likeness (QED) is 0.794. The third kappa shape index (κ3) is 4.74. The van der Waals surface area contributed by atoms with Gasteiger partial charge in [-0.3, -0.25) is 4.79 Å². The van der Waals surface area contributed by atoms with Gasteiger partial charge in [0, 0.05) is 18.7 Å². The van der Waals surface area contributed by atoms with Gasteiger partial charge in [-0.2, -0.15) is 0 Å². The third-order valence-corrected chi connectivity index (χ3v) is 2.60. The number of hydrogen-bond donors (Lipinski definition) is 1. The minimum atomic E-state index is -0.154. The van der Waals surface area contributed by atoms with Gasteiger partial charge in [0.05, 0.1) is 19.8 Å². The minimum absolute atomic E-state index is 0.0467. The largest absolute Gasteiger partial charge is 0.490 e. The molecule has 112 valence electrons. The van der Waals surface area contributed by atoms with Crippen LogP contribution in [-0.4, -0.2) is 38.9 Å². The number of ether oxygens (including phenoxy) is 3. The Morgan fingerprint density at radius 1 is 1.20 bits per heavy atom. The van der Waals surface area contributed by atoms with Crippen LogP contribution in [0.15, 0.2) is 18.2 Å². The molecular formula is C15H23NO4. The van der Waals surface area contributed by atoms with Crippen LogP contribution in [-0.2, 0) is 4.74 Å². The molecule has 5 heteroatoms. The molecule has 0 heterocycles. The highest BCUT2D eigenvalue weighted by Crippen LogP contribution is 2.28. The highest BCUT2D eigenvalue weighted by Gasteiger charge is 2.13. The molecule has 0 aliphatic rings. The Balaban J connectivity index is 2.84. The van der Waals surface area contributed by atoms with Gasteiger partial charge in [-0.25, -0.2) is 0 Å². The smallest absolute Gasteiger partial charge is 0.251 e. The van der Waals surface area contributed by atoms with Gasteiger partial charge in [-0.05, 0) is 39.0 Å². The van der Waals surface area contributed by atoms with Crippen LogP contribution in [0.1, 0.15) is 31.1 Å². The first-order valence-corrected chi connectivity index (χ1v) is 6.81. The van der Waals surface area contributed by atoms with Gasteiger partial charge in [0.15, 0.2) is 11.5 Å². The molecule has 0 spiro atoms. The van der Waals surface area contributed by atoms with Crippen LogP contribution in [0, 0.1) is 0 Å². The van der Waals surface area contributed by atoms with E-state index in [2.05, 4.69) is 5.32 Å². The van der Waals surface area contributed by atoms with E-state index in [4.69, 9.17) is 14.2 Å². The van der Waals surface area contributed by atoms with Crippen molar-refractivity contribution < 1.29 is 19.0 Å². The first kappa shape index (κ1) is 16.3. The summed E-state index contributed by atoms with van der Waals surface area (Å²) in [6, 6.07) is 5.13. The van der Waals surface area contributed by atoms with Gasteiger partial charge in [0.2, 0.25) is 0 Å². The van der Waals surface area contributed by atoms with Crippen molar-refractivity contribution in [3.05, 3.63) is 23.8 Å². The minimum Gasteiger partial charge on any atom is -0.490 e. The standard InChI is InChI=1S/C15H23NO4/c1-5-19-13-8-7-12(9-14(13)20-6-2)15(17)16-11(3)10-18-4/h7-9,11H,5-6,10H2,1-4H3,(H,16,17)/t11-/m0/s1. The van der Waals surface area contributed by atoms with Crippen molar-refractivity contribution in [3.63, 3.8) is 0 Å². The van der Waals surface area contributed by atoms with Crippen molar-refractivity contribution >= 4 is 5.91 Å². The van der Waals surface area contributed by atoms with Crippen LogP contribution in [0.2, 0.25) is 0 Å². The topological polar surface area (TPSA) is 56.8 Å². The summed E-state index contributed by atoms with van der Waals surface area (Å²) in [4.78, 5) is 12.1. The Labute approximate surface area is 120 Å². The molecule has 20 heavy (non-hydrogen) atoms. The van der Waals surface area contributed by atoms with Crippen molar-refractivity contribution in [1.82, 2.24) is 5.32 Å². The molecule has 0 saturated carbocycles. The van der Waals surface area contributed by atoms with Gasteiger partial charge in [0.1, 0.15) is 0 Å². The van der Waals surface area contributed by atoms with E-state index in [-0.39, 0.29) is 11.9 Å². The van der Waals surface area contributed by atoms with Crippen LogP contribution in [0.5, 0.6) is 11.5 Å². The second kappa shape index (κ2) is 8.43. The molecule has 1 atom stereocenters. The molecule has 1 rings (SSSR count). The predicted molar refractivity (Wildman–Crippen MR) is 77.6 cm³/mol. The molecule has 0 unspecified atom stereocenters. The first-order valence-electron chi connectivity index (χ1n) is 6.81. The fraction of sp³-hybridized carbons (Fsp3) is 0.533. The molecule has 1 aromatic carbocycles. The maximum atomic E-state index is 12.1. The summed E-state index contributed by atoms with van der Waals surface area (Å²) in [7, 11) is 1.60. The van der Waals surface area contributed by atoms with Crippen molar-refractivity contribution in [1.29, 1.82) is 0 Å². The number of methoxy groups -OCH3 is 1. The van der Waals surface area contributed by atoms with Crippen LogP contribution in [0.25, 0.3) is 0 Å². The zero-order valence-electron chi connectivity index (χ0n) is 12.6. The van der Waals surface area contributed by atoms with Crippen LogP contribution >= 0.6 is 0 Å². The highest BCUT2D eigenvalue weighted by molar-refractivity contribution is 5.95. The summed E-state index contributed by atoms with van der Waals surface area (Å²) in [5, 5.41) is 2.86. The number of carbonyl (C=O) groups is 1. The molecule has 1 amide bonds. The molecule has 0 saturated heterocycles. The van der Waals surface area contributed by atoms with Gasteiger partial charge in [0.25, 0.3) is 5.91 Å². The lowest BCUT2D eigenvalue weighted by atomic mass is 10.1. The molecule has 0 bridgehead atoms. The number of carbonyl (C=O) groups excluding carboxylic acids is 1.